The number of nitrogens with two attached hydrogens (primary N) is 1. The Bertz CT molecular complexity index is 1630. The maximum absolute atomic E-state index is 13.8. The van der Waals surface area contributed by atoms with Crippen molar-refractivity contribution < 1.29 is 17.6 Å². The van der Waals surface area contributed by atoms with Crippen LogP contribution in [0.25, 0.3) is 11.6 Å². The summed E-state index contributed by atoms with van der Waals surface area (Å²) >= 11 is 1.53. The molecular weight excluding hydrogens is 550 g/mol. The molecule has 1 aromatic carbocycles. The van der Waals surface area contributed by atoms with Crippen LogP contribution in [0.4, 0.5) is 5.82 Å². The lowest BCUT2D eigenvalue weighted by Crippen LogP contribution is -2.35. The molecule has 2 atom stereocenters. The normalized spacial score (nSPS) is 17.1. The van der Waals surface area contributed by atoms with Crippen LogP contribution < -0.4 is 10.0 Å². The van der Waals surface area contributed by atoms with Crippen LogP contribution in [0.15, 0.2) is 52.3 Å². The number of pyridine rings is 1. The molecule has 11 nitrogen and oxygen atoms in total. The number of aromatic nitrogens is 4. The highest BCUT2D eigenvalue weighted by atomic mass is 32.2. The Morgan fingerprint density at radius 3 is 2.65 bits per heavy atom. The summed E-state index contributed by atoms with van der Waals surface area (Å²) in [6.45, 7) is 4.28. The fourth-order valence-electron chi connectivity index (χ4n) is 4.69. The second-order valence-electron chi connectivity index (χ2n) is 10.3. The van der Waals surface area contributed by atoms with Crippen LogP contribution in [-0.2, 0) is 22.0 Å². The summed E-state index contributed by atoms with van der Waals surface area (Å²) in [4.78, 5) is 24.7. The molecule has 210 valence electrons. The van der Waals surface area contributed by atoms with Crippen LogP contribution >= 0.6 is 11.3 Å². The first-order valence-electron chi connectivity index (χ1n) is 12.8. The van der Waals surface area contributed by atoms with Crippen molar-refractivity contribution in [3.05, 3.63) is 75.6 Å². The van der Waals surface area contributed by atoms with Gasteiger partial charge in [-0.3, -0.25) is 9.10 Å². The molecule has 4 aromatic rings. The Morgan fingerprint density at radius 1 is 1.23 bits per heavy atom. The number of thiazole rings is 1. The Morgan fingerprint density at radius 2 is 1.98 bits per heavy atom. The minimum atomic E-state index is -3.67. The standard InChI is InChI=1S/C27H31N7O4S2/c1-17-16-39-24(29-17)21-11-8-12-34(21)25(35)19-13-20(30-22(14-19)33(3)40(4,36)37)23-31-32-26(38-23)27(2,28)15-18-9-6-5-7-10-18/h5-7,9-10,13-14,16,21H,8,11-12,15,28H2,1-4H3/t21-,27-/m1/s1. The van der Waals surface area contributed by atoms with Crippen molar-refractivity contribution in [1.82, 2.24) is 25.1 Å². The average Bonchev–Trinajstić information content (AvgIpc) is 3.68. The van der Waals surface area contributed by atoms with Crippen molar-refractivity contribution >= 4 is 33.1 Å². The van der Waals surface area contributed by atoms with Gasteiger partial charge in [-0.05, 0) is 50.8 Å². The molecule has 0 unspecified atom stereocenters. The van der Waals surface area contributed by atoms with Crippen LogP contribution in [0.2, 0.25) is 0 Å². The first-order valence-corrected chi connectivity index (χ1v) is 15.5. The molecule has 13 heteroatoms. The van der Waals surface area contributed by atoms with Gasteiger partial charge < -0.3 is 15.1 Å². The molecule has 0 saturated carbocycles. The quantitative estimate of drug-likeness (QED) is 0.329. The van der Waals surface area contributed by atoms with Gasteiger partial charge in [0.15, 0.2) is 0 Å². The third-order valence-corrected chi connectivity index (χ3v) is 9.11. The van der Waals surface area contributed by atoms with Crippen molar-refractivity contribution in [3.8, 4) is 11.6 Å². The number of nitrogens with zero attached hydrogens (tertiary/aromatic N) is 6. The Kier molecular flexibility index (Phi) is 7.46. The number of amides is 1. The zero-order valence-corrected chi connectivity index (χ0v) is 24.4. The number of likely N-dealkylation sites (tertiary alicyclic amines) is 1. The van der Waals surface area contributed by atoms with E-state index in [9.17, 15) is 13.2 Å². The molecule has 3 aromatic heterocycles. The van der Waals surface area contributed by atoms with Crippen molar-refractivity contribution in [3.63, 3.8) is 0 Å². The largest absolute Gasteiger partial charge is 0.417 e. The van der Waals surface area contributed by atoms with Crippen molar-refractivity contribution in [1.29, 1.82) is 0 Å². The van der Waals surface area contributed by atoms with E-state index in [-0.39, 0.29) is 40.8 Å². The number of carbonyl (C=O) groups is 1. The lowest BCUT2D eigenvalue weighted by molar-refractivity contribution is 0.0735. The maximum Gasteiger partial charge on any atom is 0.266 e. The fraction of sp³-hybridized carbons (Fsp3) is 0.370. The highest BCUT2D eigenvalue weighted by molar-refractivity contribution is 7.92. The van der Waals surface area contributed by atoms with Gasteiger partial charge in [0.1, 0.15) is 16.5 Å². The van der Waals surface area contributed by atoms with Gasteiger partial charge >= 0.3 is 0 Å². The van der Waals surface area contributed by atoms with Crippen molar-refractivity contribution in [2.45, 2.75) is 44.7 Å². The zero-order valence-electron chi connectivity index (χ0n) is 22.7. The minimum absolute atomic E-state index is 0.0334. The molecule has 1 fully saturated rings. The number of hydrogen-bond donors (Lipinski definition) is 1. The molecule has 0 radical (unpaired) electrons. The number of aryl methyl sites for hydroxylation is 1. The molecule has 0 spiro atoms. The topological polar surface area (TPSA) is 148 Å². The van der Waals surface area contributed by atoms with Gasteiger partial charge in [-0.15, -0.1) is 21.5 Å². The number of benzene rings is 1. The molecule has 40 heavy (non-hydrogen) atoms. The Balaban J connectivity index is 1.51. The van der Waals surface area contributed by atoms with Crippen LogP contribution in [0.5, 0.6) is 0 Å². The average molecular weight is 582 g/mol. The summed E-state index contributed by atoms with van der Waals surface area (Å²) in [6, 6.07) is 12.6. The summed E-state index contributed by atoms with van der Waals surface area (Å²) < 4.78 is 31.7. The van der Waals surface area contributed by atoms with Gasteiger partial charge in [-0.1, -0.05) is 30.3 Å². The van der Waals surface area contributed by atoms with Crippen LogP contribution in [-0.4, -0.2) is 59.2 Å². The minimum Gasteiger partial charge on any atom is -0.417 e. The highest BCUT2D eigenvalue weighted by Crippen LogP contribution is 2.36. The molecule has 1 amide bonds. The summed E-state index contributed by atoms with van der Waals surface area (Å²) in [5.41, 5.74) is 7.94. The lowest BCUT2D eigenvalue weighted by atomic mass is 9.94. The van der Waals surface area contributed by atoms with Crippen LogP contribution in [0.3, 0.4) is 0 Å². The number of carbonyl (C=O) groups excluding carboxylic acids is 1. The monoisotopic (exact) mass is 581 g/mol. The Hall–Kier alpha value is -3.68. The van der Waals surface area contributed by atoms with Gasteiger partial charge in [-0.25, -0.2) is 18.4 Å². The third-order valence-electron chi connectivity index (χ3n) is 6.86. The van der Waals surface area contributed by atoms with E-state index in [0.29, 0.717) is 13.0 Å². The zero-order chi connectivity index (χ0) is 28.7. The SMILES string of the molecule is Cc1csc([C@H]2CCCN2C(=O)c2cc(-c3nnc([C@](C)(N)Cc4ccccc4)o3)nc(N(C)S(C)(=O)=O)c2)n1. The fourth-order valence-corrected chi connectivity index (χ4v) is 6.07. The van der Waals surface area contributed by atoms with Gasteiger partial charge in [0, 0.05) is 30.2 Å². The Labute approximate surface area is 237 Å². The van der Waals surface area contributed by atoms with Crippen LogP contribution in [0.1, 0.15) is 58.3 Å². The molecule has 1 saturated heterocycles. The van der Waals surface area contributed by atoms with Gasteiger partial charge in [-0.2, -0.15) is 0 Å². The molecule has 0 bridgehead atoms. The first-order chi connectivity index (χ1) is 18.9. The van der Waals surface area contributed by atoms with Crippen LogP contribution in [0, 0.1) is 6.92 Å². The first kappa shape index (κ1) is 27.9. The molecule has 5 rings (SSSR count). The molecule has 0 aliphatic carbocycles. The second kappa shape index (κ2) is 10.7. The summed E-state index contributed by atoms with van der Waals surface area (Å²) in [5.74, 6) is 0.0334. The van der Waals surface area contributed by atoms with Crippen molar-refractivity contribution in [2.24, 2.45) is 5.73 Å². The van der Waals surface area contributed by atoms with Gasteiger partial charge in [0.25, 0.3) is 11.8 Å². The highest BCUT2D eigenvalue weighted by Gasteiger charge is 2.34. The summed E-state index contributed by atoms with van der Waals surface area (Å²) in [7, 11) is -2.29. The number of sulfonamides is 1. The summed E-state index contributed by atoms with van der Waals surface area (Å²) in [5, 5.41) is 11.2. The van der Waals surface area contributed by atoms with Crippen molar-refractivity contribution in [2.75, 3.05) is 24.2 Å². The second-order valence-corrected chi connectivity index (χ2v) is 13.2. The van der Waals surface area contributed by atoms with E-state index in [4.69, 9.17) is 10.2 Å². The molecule has 2 N–H and O–H groups in total. The molecule has 1 aliphatic rings. The van der Waals surface area contributed by atoms with E-state index in [1.54, 1.807) is 17.9 Å². The van der Waals surface area contributed by atoms with Gasteiger partial charge in [0.2, 0.25) is 15.9 Å². The van der Waals surface area contributed by atoms with E-state index in [1.807, 2.05) is 42.6 Å². The molecular formula is C27H31N7O4S2. The molecule has 1 aliphatic heterocycles. The number of rotatable bonds is 8. The van der Waals surface area contributed by atoms with Gasteiger partial charge in [0.05, 0.1) is 17.8 Å². The van der Waals surface area contributed by atoms with E-state index in [1.165, 1.54) is 24.5 Å². The number of hydrogen-bond acceptors (Lipinski definition) is 10. The smallest absolute Gasteiger partial charge is 0.266 e. The molecule has 4 heterocycles. The van der Waals surface area contributed by atoms with E-state index in [0.717, 1.165) is 39.7 Å². The van der Waals surface area contributed by atoms with E-state index >= 15 is 0 Å². The third kappa shape index (κ3) is 5.76. The number of anilines is 1. The predicted molar refractivity (Wildman–Crippen MR) is 152 cm³/mol. The summed E-state index contributed by atoms with van der Waals surface area (Å²) in [6.07, 6.45) is 3.16. The van der Waals surface area contributed by atoms with E-state index in [2.05, 4.69) is 20.2 Å². The lowest BCUT2D eigenvalue weighted by Gasteiger charge is -2.24. The maximum atomic E-state index is 13.8. The van der Waals surface area contributed by atoms with E-state index < -0.39 is 15.6 Å². The predicted octanol–water partition coefficient (Wildman–Crippen LogP) is 3.69.